The number of rotatable bonds is 5. The van der Waals surface area contributed by atoms with Crippen LogP contribution >= 0.6 is 0 Å². The number of nitrogens with two attached hydrogens (primary N) is 1. The highest BCUT2D eigenvalue weighted by atomic mass is 16.3. The molecule has 18 heavy (non-hydrogen) atoms. The van der Waals surface area contributed by atoms with Crippen LogP contribution in [0.4, 0.5) is 0 Å². The van der Waals surface area contributed by atoms with E-state index in [2.05, 4.69) is 31.2 Å². The molecule has 0 radical (unpaired) electrons. The van der Waals surface area contributed by atoms with Gasteiger partial charge in [-0.2, -0.15) is 0 Å². The largest absolute Gasteiger partial charge is 0.467 e. The van der Waals surface area contributed by atoms with Gasteiger partial charge in [-0.3, -0.25) is 0 Å². The third-order valence-electron chi connectivity index (χ3n) is 3.34. The van der Waals surface area contributed by atoms with Crippen molar-refractivity contribution in [3.05, 3.63) is 59.0 Å². The van der Waals surface area contributed by atoms with Gasteiger partial charge in [0, 0.05) is 0 Å². The summed E-state index contributed by atoms with van der Waals surface area (Å²) in [5.41, 5.74) is 9.81. The molecule has 0 fully saturated rings. The van der Waals surface area contributed by atoms with Crippen molar-refractivity contribution in [1.82, 2.24) is 0 Å². The van der Waals surface area contributed by atoms with Crippen LogP contribution in [-0.4, -0.2) is 0 Å². The molecule has 1 unspecified atom stereocenters. The molecule has 1 atom stereocenters. The van der Waals surface area contributed by atoms with E-state index in [1.807, 2.05) is 13.0 Å². The summed E-state index contributed by atoms with van der Waals surface area (Å²) in [7, 11) is 0. The molecule has 0 saturated heterocycles. The lowest BCUT2D eigenvalue weighted by Gasteiger charge is -2.11. The first kappa shape index (κ1) is 12.9. The van der Waals surface area contributed by atoms with E-state index in [0.717, 1.165) is 23.3 Å². The van der Waals surface area contributed by atoms with Crippen molar-refractivity contribution < 1.29 is 4.42 Å². The van der Waals surface area contributed by atoms with Crippen molar-refractivity contribution in [3.63, 3.8) is 0 Å². The second-order valence-corrected chi connectivity index (χ2v) is 4.79. The quantitative estimate of drug-likeness (QED) is 0.862. The van der Waals surface area contributed by atoms with Gasteiger partial charge in [-0.1, -0.05) is 37.6 Å². The Morgan fingerprint density at radius 3 is 2.44 bits per heavy atom. The molecular formula is C16H21NO. The summed E-state index contributed by atoms with van der Waals surface area (Å²) >= 11 is 0. The maximum atomic E-state index is 6.22. The zero-order valence-electron chi connectivity index (χ0n) is 11.1. The molecule has 0 bridgehead atoms. The van der Waals surface area contributed by atoms with E-state index >= 15 is 0 Å². The summed E-state index contributed by atoms with van der Waals surface area (Å²) in [6.07, 6.45) is 5.31. The van der Waals surface area contributed by atoms with Gasteiger partial charge in [-0.05, 0) is 42.5 Å². The molecule has 0 spiro atoms. The predicted molar refractivity (Wildman–Crippen MR) is 74.5 cm³/mol. The van der Waals surface area contributed by atoms with Crippen molar-refractivity contribution in [2.24, 2.45) is 5.73 Å². The Labute approximate surface area is 109 Å². The van der Waals surface area contributed by atoms with Crippen LogP contribution in [-0.2, 0) is 6.42 Å². The fourth-order valence-electron chi connectivity index (χ4n) is 2.13. The van der Waals surface area contributed by atoms with E-state index in [1.54, 1.807) is 6.26 Å². The average molecular weight is 243 g/mol. The van der Waals surface area contributed by atoms with Crippen LogP contribution in [0.15, 0.2) is 41.0 Å². The van der Waals surface area contributed by atoms with Crippen LogP contribution in [0, 0.1) is 6.92 Å². The highest BCUT2D eigenvalue weighted by molar-refractivity contribution is 5.32. The van der Waals surface area contributed by atoms with E-state index in [-0.39, 0.29) is 6.04 Å². The number of aryl methyl sites for hydroxylation is 2. The highest BCUT2D eigenvalue weighted by Gasteiger charge is 2.14. The third-order valence-corrected chi connectivity index (χ3v) is 3.34. The second-order valence-electron chi connectivity index (χ2n) is 4.79. The highest BCUT2D eigenvalue weighted by Crippen LogP contribution is 2.23. The summed E-state index contributed by atoms with van der Waals surface area (Å²) in [4.78, 5) is 0. The van der Waals surface area contributed by atoms with E-state index in [0.29, 0.717) is 0 Å². The van der Waals surface area contributed by atoms with Gasteiger partial charge in [0.1, 0.15) is 5.76 Å². The molecule has 0 amide bonds. The Kier molecular flexibility index (Phi) is 4.21. The van der Waals surface area contributed by atoms with Crippen molar-refractivity contribution in [1.29, 1.82) is 0 Å². The van der Waals surface area contributed by atoms with Crippen LogP contribution in [0.1, 0.15) is 48.3 Å². The lowest BCUT2D eigenvalue weighted by atomic mass is 10.00. The van der Waals surface area contributed by atoms with E-state index in [4.69, 9.17) is 10.2 Å². The molecule has 0 aliphatic carbocycles. The number of hydrogen-bond acceptors (Lipinski definition) is 2. The number of unbranched alkanes of at least 4 members (excludes halogenated alkanes) is 1. The van der Waals surface area contributed by atoms with Gasteiger partial charge in [0.05, 0.1) is 12.3 Å². The van der Waals surface area contributed by atoms with Gasteiger partial charge >= 0.3 is 0 Å². The Morgan fingerprint density at radius 1 is 1.17 bits per heavy atom. The zero-order chi connectivity index (χ0) is 13.0. The molecular weight excluding hydrogens is 222 g/mol. The molecule has 2 heteroatoms. The molecule has 2 aromatic rings. The SMILES string of the molecule is CCCCc1ccc(C(N)c2occc2C)cc1. The lowest BCUT2D eigenvalue weighted by Crippen LogP contribution is -2.12. The van der Waals surface area contributed by atoms with Gasteiger partial charge in [-0.25, -0.2) is 0 Å². The summed E-state index contributed by atoms with van der Waals surface area (Å²) in [5, 5.41) is 0. The molecule has 1 aromatic carbocycles. The monoisotopic (exact) mass is 243 g/mol. The first-order valence-electron chi connectivity index (χ1n) is 6.60. The molecule has 1 aromatic heterocycles. The Bertz CT molecular complexity index is 484. The fourth-order valence-corrected chi connectivity index (χ4v) is 2.13. The van der Waals surface area contributed by atoms with Crippen LogP contribution in [0.3, 0.4) is 0 Å². The Balaban J connectivity index is 2.12. The van der Waals surface area contributed by atoms with Crippen molar-refractivity contribution in [3.8, 4) is 0 Å². The topological polar surface area (TPSA) is 39.2 Å². The molecule has 0 aliphatic heterocycles. The molecule has 2 nitrogen and oxygen atoms in total. The predicted octanol–water partition coefficient (Wildman–Crippen LogP) is 3.98. The van der Waals surface area contributed by atoms with Gasteiger partial charge in [0.2, 0.25) is 0 Å². The lowest BCUT2D eigenvalue weighted by molar-refractivity contribution is 0.487. The minimum atomic E-state index is -0.166. The smallest absolute Gasteiger partial charge is 0.127 e. The Morgan fingerprint density at radius 2 is 1.89 bits per heavy atom. The minimum absolute atomic E-state index is 0.166. The maximum absolute atomic E-state index is 6.22. The van der Waals surface area contributed by atoms with Crippen LogP contribution < -0.4 is 5.73 Å². The first-order chi connectivity index (χ1) is 8.72. The molecule has 2 rings (SSSR count). The first-order valence-corrected chi connectivity index (χ1v) is 6.60. The van der Waals surface area contributed by atoms with Crippen molar-refractivity contribution >= 4 is 0 Å². The summed E-state index contributed by atoms with van der Waals surface area (Å²) in [5.74, 6) is 0.858. The van der Waals surface area contributed by atoms with Gasteiger partial charge < -0.3 is 10.2 Å². The number of benzene rings is 1. The van der Waals surface area contributed by atoms with E-state index in [1.165, 1.54) is 18.4 Å². The Hall–Kier alpha value is -1.54. The van der Waals surface area contributed by atoms with Crippen LogP contribution in [0.2, 0.25) is 0 Å². The fraction of sp³-hybridized carbons (Fsp3) is 0.375. The molecule has 0 saturated carbocycles. The standard InChI is InChI=1S/C16H21NO/c1-3-4-5-13-6-8-14(9-7-13)15(17)16-12(2)10-11-18-16/h6-11,15H,3-5,17H2,1-2H3. The number of furan rings is 1. The second kappa shape index (κ2) is 5.87. The maximum Gasteiger partial charge on any atom is 0.127 e. The summed E-state index contributed by atoms with van der Waals surface area (Å²) < 4.78 is 5.45. The van der Waals surface area contributed by atoms with Gasteiger partial charge in [0.15, 0.2) is 0 Å². The van der Waals surface area contributed by atoms with E-state index in [9.17, 15) is 0 Å². The average Bonchev–Trinajstić information content (AvgIpc) is 2.82. The molecule has 0 aliphatic rings. The van der Waals surface area contributed by atoms with Crippen molar-refractivity contribution in [2.45, 2.75) is 39.2 Å². The normalized spacial score (nSPS) is 12.6. The van der Waals surface area contributed by atoms with Crippen LogP contribution in [0.5, 0.6) is 0 Å². The summed E-state index contributed by atoms with van der Waals surface area (Å²) in [6.45, 7) is 4.23. The van der Waals surface area contributed by atoms with Crippen LogP contribution in [0.25, 0.3) is 0 Å². The van der Waals surface area contributed by atoms with Crippen molar-refractivity contribution in [2.75, 3.05) is 0 Å². The summed E-state index contributed by atoms with van der Waals surface area (Å²) in [6, 6.07) is 10.3. The molecule has 2 N–H and O–H groups in total. The van der Waals surface area contributed by atoms with E-state index < -0.39 is 0 Å². The minimum Gasteiger partial charge on any atom is -0.467 e. The van der Waals surface area contributed by atoms with Gasteiger partial charge in [0.25, 0.3) is 0 Å². The number of hydrogen-bond donors (Lipinski definition) is 1. The zero-order valence-corrected chi connectivity index (χ0v) is 11.1. The van der Waals surface area contributed by atoms with Gasteiger partial charge in [-0.15, -0.1) is 0 Å². The molecule has 96 valence electrons. The molecule has 1 heterocycles. The third kappa shape index (κ3) is 2.82.